The number of rotatable bonds is 2. The van der Waals surface area contributed by atoms with E-state index in [1.165, 1.54) is 11.1 Å². The lowest BCUT2D eigenvalue weighted by atomic mass is 9.88. The van der Waals surface area contributed by atoms with Gasteiger partial charge in [-0.05, 0) is 76.6 Å². The molecule has 5 heteroatoms. The molecule has 2 aliphatic rings. The summed E-state index contributed by atoms with van der Waals surface area (Å²) in [7, 11) is -3.78. The smallest absolute Gasteiger partial charge is 0.313 e. The summed E-state index contributed by atoms with van der Waals surface area (Å²) in [4.78, 5) is 11.7. The Balaban J connectivity index is 1.93. The van der Waals surface area contributed by atoms with Gasteiger partial charge in [-0.25, -0.2) is 4.57 Å². The van der Waals surface area contributed by atoms with Crippen LogP contribution in [0.15, 0.2) is 24.3 Å². The zero-order valence-corrected chi connectivity index (χ0v) is 19.4. The standard InChI is InChI=1S/C24H33N2O2P/c1-15-11-17(3)23(18(4)12-15)25-21-9-7-8-10-22(21)26(29(25,27)28)24-19(5)13-16(2)14-20(24)6/h11-14,21-22H,7-10H2,1-6H3,(H,27,28)/t21-,22-/m1/s1. The van der Waals surface area contributed by atoms with Gasteiger partial charge in [0.2, 0.25) is 0 Å². The number of fused-ring (bicyclic) bond motifs is 1. The summed E-state index contributed by atoms with van der Waals surface area (Å²) in [5.41, 5.74) is 8.61. The van der Waals surface area contributed by atoms with Gasteiger partial charge in [0.05, 0.1) is 23.5 Å². The van der Waals surface area contributed by atoms with E-state index in [4.69, 9.17) is 0 Å². The molecule has 2 aromatic carbocycles. The molecule has 1 heterocycles. The first-order valence-corrected chi connectivity index (χ1v) is 12.3. The van der Waals surface area contributed by atoms with Crippen molar-refractivity contribution in [3.05, 3.63) is 57.6 Å². The molecule has 1 saturated heterocycles. The molecule has 2 fully saturated rings. The molecule has 4 nitrogen and oxygen atoms in total. The number of hydrogen-bond donors (Lipinski definition) is 1. The fourth-order valence-corrected chi connectivity index (χ4v) is 8.48. The molecule has 0 aromatic heterocycles. The normalized spacial score (nSPS) is 23.4. The monoisotopic (exact) mass is 412 g/mol. The van der Waals surface area contributed by atoms with E-state index in [-0.39, 0.29) is 12.1 Å². The largest absolute Gasteiger partial charge is 0.395 e. The molecular formula is C24H33N2O2P. The zero-order chi connectivity index (χ0) is 21.1. The number of nitrogens with zero attached hydrogens (tertiary/aromatic N) is 2. The van der Waals surface area contributed by atoms with Gasteiger partial charge >= 0.3 is 7.67 Å². The molecular weight excluding hydrogens is 379 g/mol. The van der Waals surface area contributed by atoms with Crippen LogP contribution in [0.3, 0.4) is 0 Å². The first kappa shape index (κ1) is 20.5. The Morgan fingerprint density at radius 2 is 1.03 bits per heavy atom. The lowest BCUT2D eigenvalue weighted by molar-refractivity contribution is 0.408. The average Bonchev–Trinajstić information content (AvgIpc) is 2.82. The SMILES string of the molecule is Cc1cc(C)c(N2[C@@H]3CCCC[C@H]3N(c3c(C)cc(C)cc3C)P2(=O)O)c(C)c1. The molecule has 0 unspecified atom stereocenters. The molecule has 29 heavy (non-hydrogen) atoms. The van der Waals surface area contributed by atoms with E-state index < -0.39 is 7.67 Å². The number of benzene rings is 2. The molecule has 1 saturated carbocycles. The second-order valence-corrected chi connectivity index (χ2v) is 11.0. The van der Waals surface area contributed by atoms with E-state index in [0.717, 1.165) is 59.3 Å². The highest BCUT2D eigenvalue weighted by Crippen LogP contribution is 2.65. The van der Waals surface area contributed by atoms with Crippen molar-refractivity contribution in [1.29, 1.82) is 0 Å². The minimum Gasteiger partial charge on any atom is -0.313 e. The molecule has 1 N–H and O–H groups in total. The Morgan fingerprint density at radius 1 is 0.724 bits per heavy atom. The van der Waals surface area contributed by atoms with Gasteiger partial charge in [0, 0.05) is 0 Å². The molecule has 2 aromatic rings. The fourth-order valence-electron chi connectivity index (χ4n) is 5.81. The highest BCUT2D eigenvalue weighted by atomic mass is 31.2. The Morgan fingerprint density at radius 3 is 1.34 bits per heavy atom. The topological polar surface area (TPSA) is 43.8 Å². The maximum atomic E-state index is 14.2. The van der Waals surface area contributed by atoms with Crippen molar-refractivity contribution >= 4 is 19.0 Å². The van der Waals surface area contributed by atoms with Gasteiger partial charge in [-0.15, -0.1) is 0 Å². The third-order valence-corrected chi connectivity index (χ3v) is 8.73. The van der Waals surface area contributed by atoms with Crippen LogP contribution in [0, 0.1) is 41.5 Å². The average molecular weight is 413 g/mol. The van der Waals surface area contributed by atoms with Crippen molar-refractivity contribution in [3.8, 4) is 0 Å². The maximum Gasteiger partial charge on any atom is 0.395 e. The van der Waals surface area contributed by atoms with E-state index >= 15 is 0 Å². The van der Waals surface area contributed by atoms with Crippen molar-refractivity contribution in [2.24, 2.45) is 0 Å². The minimum absolute atomic E-state index is 0.0693. The Bertz CT molecular complexity index is 892. The Hall–Kier alpha value is -1.77. The van der Waals surface area contributed by atoms with Gasteiger partial charge in [0.1, 0.15) is 0 Å². The molecule has 2 atom stereocenters. The predicted octanol–water partition coefficient (Wildman–Crippen LogP) is 6.28. The highest BCUT2D eigenvalue weighted by Gasteiger charge is 2.56. The van der Waals surface area contributed by atoms with Crippen molar-refractivity contribution in [3.63, 3.8) is 0 Å². The van der Waals surface area contributed by atoms with Crippen molar-refractivity contribution in [1.82, 2.24) is 0 Å². The highest BCUT2D eigenvalue weighted by molar-refractivity contribution is 7.62. The zero-order valence-electron chi connectivity index (χ0n) is 18.5. The number of anilines is 2. The van der Waals surface area contributed by atoms with E-state index in [1.54, 1.807) is 0 Å². The quantitative estimate of drug-likeness (QED) is 0.590. The third-order valence-electron chi connectivity index (χ3n) is 6.61. The molecule has 1 aliphatic carbocycles. The summed E-state index contributed by atoms with van der Waals surface area (Å²) >= 11 is 0. The molecule has 1 aliphatic heterocycles. The van der Waals surface area contributed by atoms with Crippen molar-refractivity contribution < 1.29 is 9.46 Å². The summed E-state index contributed by atoms with van der Waals surface area (Å²) in [6, 6.07) is 8.66. The van der Waals surface area contributed by atoms with Crippen LogP contribution in [0.25, 0.3) is 0 Å². The summed E-state index contributed by atoms with van der Waals surface area (Å²) in [5, 5.41) is 0. The summed E-state index contributed by atoms with van der Waals surface area (Å²) < 4.78 is 18.0. The lowest BCUT2D eigenvalue weighted by Crippen LogP contribution is -2.40. The third kappa shape index (κ3) is 3.21. The van der Waals surface area contributed by atoms with Crippen LogP contribution in [-0.4, -0.2) is 17.0 Å². The predicted molar refractivity (Wildman–Crippen MR) is 122 cm³/mol. The molecule has 0 spiro atoms. The van der Waals surface area contributed by atoms with Gasteiger partial charge < -0.3 is 4.89 Å². The Kier molecular flexibility index (Phi) is 5.07. The van der Waals surface area contributed by atoms with E-state index in [0.29, 0.717) is 0 Å². The van der Waals surface area contributed by atoms with Crippen LogP contribution in [0.4, 0.5) is 11.4 Å². The summed E-state index contributed by atoms with van der Waals surface area (Å²) in [5.74, 6) is 0. The van der Waals surface area contributed by atoms with Crippen LogP contribution in [0.2, 0.25) is 0 Å². The van der Waals surface area contributed by atoms with Gasteiger partial charge in [-0.3, -0.25) is 9.34 Å². The van der Waals surface area contributed by atoms with Crippen LogP contribution < -0.4 is 9.34 Å². The first-order chi connectivity index (χ1) is 13.6. The number of aryl methyl sites for hydroxylation is 6. The molecule has 0 amide bonds. The van der Waals surface area contributed by atoms with Crippen LogP contribution >= 0.6 is 7.67 Å². The van der Waals surface area contributed by atoms with Crippen molar-refractivity contribution in [2.75, 3.05) is 9.34 Å². The minimum atomic E-state index is -3.78. The first-order valence-electron chi connectivity index (χ1n) is 10.7. The molecule has 156 valence electrons. The van der Waals surface area contributed by atoms with Gasteiger partial charge in [-0.2, -0.15) is 0 Å². The van der Waals surface area contributed by atoms with Gasteiger partial charge in [0.25, 0.3) is 0 Å². The van der Waals surface area contributed by atoms with Crippen LogP contribution in [0.1, 0.15) is 59.1 Å². The van der Waals surface area contributed by atoms with E-state index in [9.17, 15) is 9.46 Å². The molecule has 0 radical (unpaired) electrons. The van der Waals surface area contributed by atoms with Gasteiger partial charge in [-0.1, -0.05) is 48.2 Å². The molecule has 0 bridgehead atoms. The lowest BCUT2D eigenvalue weighted by Gasteiger charge is -2.33. The van der Waals surface area contributed by atoms with Crippen LogP contribution in [0.5, 0.6) is 0 Å². The fraction of sp³-hybridized carbons (Fsp3) is 0.500. The van der Waals surface area contributed by atoms with E-state index in [1.807, 2.05) is 9.34 Å². The van der Waals surface area contributed by atoms with Crippen LogP contribution in [-0.2, 0) is 4.57 Å². The summed E-state index contributed by atoms with van der Waals surface area (Å²) in [6.45, 7) is 12.4. The molecule has 4 rings (SSSR count). The Labute approximate surface area is 175 Å². The number of hydrogen-bond acceptors (Lipinski definition) is 1. The van der Waals surface area contributed by atoms with Crippen molar-refractivity contribution in [2.45, 2.75) is 79.3 Å². The maximum absolute atomic E-state index is 14.2. The van der Waals surface area contributed by atoms with E-state index in [2.05, 4.69) is 65.8 Å². The van der Waals surface area contributed by atoms with Gasteiger partial charge in [0.15, 0.2) is 0 Å². The second kappa shape index (κ2) is 7.18. The summed E-state index contributed by atoms with van der Waals surface area (Å²) in [6.07, 6.45) is 4.15. The second-order valence-electron chi connectivity index (χ2n) is 9.12.